The fraction of sp³-hybridized carbons (Fsp3) is 0. The first kappa shape index (κ1) is 12.1. The predicted octanol–water partition coefficient (Wildman–Crippen LogP) is 1.10. The summed E-state index contributed by atoms with van der Waals surface area (Å²) in [6.07, 6.45) is 0. The monoisotopic (exact) mass is 266 g/mol. The summed E-state index contributed by atoms with van der Waals surface area (Å²) in [6.45, 7) is 0. The third kappa shape index (κ3) is 1.46. The molecular formula is C15H10N2O3. The molecule has 2 aromatic rings. The van der Waals surface area contributed by atoms with Crippen molar-refractivity contribution < 1.29 is 14.4 Å². The fourth-order valence-electron chi connectivity index (χ4n) is 2.58. The lowest BCUT2D eigenvalue weighted by molar-refractivity contribution is 0.0977. The molecule has 4 N–H and O–H groups in total. The highest BCUT2D eigenvalue weighted by atomic mass is 16.2. The van der Waals surface area contributed by atoms with Gasteiger partial charge in [0.15, 0.2) is 5.78 Å². The topological polar surface area (TPSA) is 103 Å². The van der Waals surface area contributed by atoms with Crippen molar-refractivity contribution in [3.05, 3.63) is 58.7 Å². The summed E-state index contributed by atoms with van der Waals surface area (Å²) in [4.78, 5) is 35.4. The summed E-state index contributed by atoms with van der Waals surface area (Å²) in [7, 11) is 0. The van der Waals surface area contributed by atoms with Crippen LogP contribution in [-0.4, -0.2) is 17.6 Å². The predicted molar refractivity (Wildman–Crippen MR) is 72.3 cm³/mol. The van der Waals surface area contributed by atoms with E-state index in [-0.39, 0.29) is 28.0 Å². The smallest absolute Gasteiger partial charge is 0.249 e. The quantitative estimate of drug-likeness (QED) is 0.725. The number of nitrogens with two attached hydrogens (primary N) is 2. The van der Waals surface area contributed by atoms with Crippen LogP contribution < -0.4 is 11.5 Å². The Balaban J connectivity index is 2.38. The number of carbonyl (C=O) groups excluding carboxylic acids is 3. The minimum Gasteiger partial charge on any atom is -0.366 e. The van der Waals surface area contributed by atoms with Crippen LogP contribution in [0.15, 0.2) is 36.4 Å². The first-order valence-electron chi connectivity index (χ1n) is 5.93. The molecule has 0 saturated carbocycles. The van der Waals surface area contributed by atoms with Gasteiger partial charge in [-0.15, -0.1) is 0 Å². The lowest BCUT2D eigenvalue weighted by atomic mass is 10.0. The van der Waals surface area contributed by atoms with E-state index in [1.807, 2.05) is 0 Å². The second-order valence-corrected chi connectivity index (χ2v) is 4.51. The number of primary amides is 2. The molecular weight excluding hydrogens is 256 g/mol. The molecule has 0 heterocycles. The Morgan fingerprint density at radius 1 is 0.750 bits per heavy atom. The Hall–Kier alpha value is -2.95. The van der Waals surface area contributed by atoms with E-state index in [4.69, 9.17) is 11.5 Å². The van der Waals surface area contributed by atoms with Gasteiger partial charge in [-0.05, 0) is 23.3 Å². The molecule has 0 bridgehead atoms. The molecule has 0 saturated heterocycles. The SMILES string of the molecule is NC(=O)c1cccc2c1C(=O)c1c(C(N)=O)cccc1-2. The number of ketones is 1. The maximum absolute atomic E-state index is 12.5. The van der Waals surface area contributed by atoms with Gasteiger partial charge in [-0.25, -0.2) is 0 Å². The van der Waals surface area contributed by atoms with Gasteiger partial charge in [0.1, 0.15) is 0 Å². The van der Waals surface area contributed by atoms with E-state index in [0.717, 1.165) is 0 Å². The number of amides is 2. The molecule has 5 nitrogen and oxygen atoms in total. The zero-order valence-corrected chi connectivity index (χ0v) is 10.3. The van der Waals surface area contributed by atoms with Gasteiger partial charge in [0.25, 0.3) is 0 Å². The van der Waals surface area contributed by atoms with Crippen LogP contribution >= 0.6 is 0 Å². The molecule has 0 unspecified atom stereocenters. The van der Waals surface area contributed by atoms with Crippen molar-refractivity contribution in [2.75, 3.05) is 0 Å². The molecule has 5 heteroatoms. The molecule has 0 radical (unpaired) electrons. The van der Waals surface area contributed by atoms with Gasteiger partial charge in [0, 0.05) is 11.1 Å². The fourth-order valence-corrected chi connectivity index (χ4v) is 2.58. The Bertz CT molecular complexity index is 728. The molecule has 98 valence electrons. The summed E-state index contributed by atoms with van der Waals surface area (Å²) in [5.74, 6) is -1.74. The summed E-state index contributed by atoms with van der Waals surface area (Å²) < 4.78 is 0. The van der Waals surface area contributed by atoms with Gasteiger partial charge in [-0.3, -0.25) is 14.4 Å². The third-order valence-corrected chi connectivity index (χ3v) is 3.40. The second-order valence-electron chi connectivity index (χ2n) is 4.51. The molecule has 1 aliphatic carbocycles. The molecule has 1 aliphatic rings. The van der Waals surface area contributed by atoms with Crippen LogP contribution in [0.2, 0.25) is 0 Å². The number of hydrogen-bond donors (Lipinski definition) is 2. The second kappa shape index (κ2) is 4.03. The number of carbonyl (C=O) groups is 3. The van der Waals surface area contributed by atoms with Crippen LogP contribution in [0.1, 0.15) is 36.6 Å². The Kier molecular flexibility index (Phi) is 2.44. The highest BCUT2D eigenvalue weighted by Gasteiger charge is 2.33. The minimum absolute atomic E-state index is 0.152. The van der Waals surface area contributed by atoms with Gasteiger partial charge in [-0.2, -0.15) is 0 Å². The van der Waals surface area contributed by atoms with E-state index >= 15 is 0 Å². The van der Waals surface area contributed by atoms with E-state index in [0.29, 0.717) is 11.1 Å². The number of hydrogen-bond acceptors (Lipinski definition) is 3. The van der Waals surface area contributed by atoms with Crippen molar-refractivity contribution in [1.29, 1.82) is 0 Å². The molecule has 0 aromatic heterocycles. The van der Waals surface area contributed by atoms with E-state index in [1.165, 1.54) is 12.1 Å². The van der Waals surface area contributed by atoms with E-state index in [9.17, 15) is 14.4 Å². The Labute approximate surface area is 114 Å². The summed E-state index contributed by atoms with van der Waals surface area (Å²) >= 11 is 0. The van der Waals surface area contributed by atoms with E-state index < -0.39 is 11.8 Å². The van der Waals surface area contributed by atoms with Gasteiger partial charge in [0.05, 0.1) is 11.1 Å². The number of fused-ring (bicyclic) bond motifs is 3. The summed E-state index contributed by atoms with van der Waals surface area (Å²) in [6, 6.07) is 9.73. The standard InChI is InChI=1S/C15H10N2O3/c16-14(19)9-5-1-3-7-8-4-2-6-10(15(17)20)12(8)13(18)11(7)9/h1-6H,(H2,16,19)(H2,17,20). The van der Waals surface area contributed by atoms with Crippen molar-refractivity contribution in [1.82, 2.24) is 0 Å². The molecule has 3 rings (SSSR count). The third-order valence-electron chi connectivity index (χ3n) is 3.40. The molecule has 20 heavy (non-hydrogen) atoms. The molecule has 2 aromatic carbocycles. The zero-order chi connectivity index (χ0) is 14.4. The van der Waals surface area contributed by atoms with Crippen molar-refractivity contribution in [2.24, 2.45) is 11.5 Å². The Morgan fingerprint density at radius 3 is 1.50 bits per heavy atom. The van der Waals surface area contributed by atoms with Crippen LogP contribution in [0.3, 0.4) is 0 Å². The van der Waals surface area contributed by atoms with Gasteiger partial charge in [-0.1, -0.05) is 24.3 Å². The van der Waals surface area contributed by atoms with Gasteiger partial charge in [0.2, 0.25) is 11.8 Å². The van der Waals surface area contributed by atoms with Crippen LogP contribution in [0.4, 0.5) is 0 Å². The Morgan fingerprint density at radius 2 is 1.15 bits per heavy atom. The van der Waals surface area contributed by atoms with Crippen molar-refractivity contribution >= 4 is 17.6 Å². The summed E-state index contributed by atoms with van der Waals surface area (Å²) in [5, 5.41) is 0. The molecule has 2 amide bonds. The average Bonchev–Trinajstić information content (AvgIpc) is 2.72. The van der Waals surface area contributed by atoms with E-state index in [1.54, 1.807) is 24.3 Å². The number of rotatable bonds is 2. The molecule has 0 atom stereocenters. The highest BCUT2D eigenvalue weighted by molar-refractivity contribution is 6.28. The normalized spacial score (nSPS) is 11.9. The number of benzene rings is 2. The molecule has 0 fully saturated rings. The van der Waals surface area contributed by atoms with Gasteiger partial charge >= 0.3 is 0 Å². The largest absolute Gasteiger partial charge is 0.366 e. The van der Waals surface area contributed by atoms with Crippen LogP contribution in [0.5, 0.6) is 0 Å². The zero-order valence-electron chi connectivity index (χ0n) is 10.3. The first-order chi connectivity index (χ1) is 9.52. The van der Waals surface area contributed by atoms with Crippen molar-refractivity contribution in [2.45, 2.75) is 0 Å². The maximum atomic E-state index is 12.5. The molecule has 0 aliphatic heterocycles. The minimum atomic E-state index is -0.677. The maximum Gasteiger partial charge on any atom is 0.249 e. The summed E-state index contributed by atoms with van der Waals surface area (Å²) in [5.41, 5.74) is 12.6. The first-order valence-corrected chi connectivity index (χ1v) is 5.93. The van der Waals surface area contributed by atoms with Crippen molar-refractivity contribution in [3.63, 3.8) is 0 Å². The highest BCUT2D eigenvalue weighted by Crippen LogP contribution is 2.39. The van der Waals surface area contributed by atoms with E-state index in [2.05, 4.69) is 0 Å². The molecule has 0 spiro atoms. The van der Waals surface area contributed by atoms with Crippen LogP contribution in [0.25, 0.3) is 11.1 Å². The van der Waals surface area contributed by atoms with Crippen molar-refractivity contribution in [3.8, 4) is 11.1 Å². The van der Waals surface area contributed by atoms with Gasteiger partial charge < -0.3 is 11.5 Å². The van der Waals surface area contributed by atoms with Crippen LogP contribution in [-0.2, 0) is 0 Å². The lowest BCUT2D eigenvalue weighted by Gasteiger charge is -2.03. The van der Waals surface area contributed by atoms with Crippen LogP contribution in [0, 0.1) is 0 Å². The average molecular weight is 266 g/mol. The lowest BCUT2D eigenvalue weighted by Crippen LogP contribution is -2.18.